The summed E-state index contributed by atoms with van der Waals surface area (Å²) in [6.07, 6.45) is -6.61. The van der Waals surface area contributed by atoms with Crippen LogP contribution in [0, 0.1) is 0 Å². The van der Waals surface area contributed by atoms with Crippen LogP contribution in [-0.2, 0) is 6.42 Å². The lowest BCUT2D eigenvalue weighted by molar-refractivity contribution is -0.128. The van der Waals surface area contributed by atoms with Crippen LogP contribution < -0.4 is 5.73 Å². The van der Waals surface area contributed by atoms with Gasteiger partial charge in [-0.15, -0.1) is 0 Å². The van der Waals surface area contributed by atoms with Crippen molar-refractivity contribution in [3.63, 3.8) is 0 Å². The van der Waals surface area contributed by atoms with Gasteiger partial charge in [0.1, 0.15) is 12.5 Å². The van der Waals surface area contributed by atoms with Crippen LogP contribution in [0.5, 0.6) is 0 Å². The van der Waals surface area contributed by atoms with E-state index < -0.39 is 24.5 Å². The molecule has 8 heteroatoms. The fourth-order valence-electron chi connectivity index (χ4n) is 0.935. The van der Waals surface area contributed by atoms with Crippen molar-refractivity contribution in [2.75, 3.05) is 6.54 Å². The average Bonchev–Trinajstić information content (AvgIpc) is 2.50. The molecule has 0 saturated carbocycles. The largest absolute Gasteiger partial charge is 0.396 e. The van der Waals surface area contributed by atoms with Crippen LogP contribution in [0.25, 0.3) is 0 Å². The van der Waals surface area contributed by atoms with E-state index in [0.29, 0.717) is 0 Å². The van der Waals surface area contributed by atoms with E-state index in [4.69, 9.17) is 5.73 Å². The lowest BCUT2D eigenvalue weighted by Gasteiger charge is -2.01. The van der Waals surface area contributed by atoms with Gasteiger partial charge >= 0.3 is 6.18 Å². The Kier molecular flexibility index (Phi) is 3.64. The Hall–Kier alpha value is -1.15. The third kappa shape index (κ3) is 3.84. The molecule has 0 saturated heterocycles. The molecule has 1 heterocycles. The number of rotatable bonds is 4. The first-order valence-corrected chi connectivity index (χ1v) is 4.19. The second kappa shape index (κ2) is 4.58. The topological polar surface area (TPSA) is 85.2 Å². The summed E-state index contributed by atoms with van der Waals surface area (Å²) >= 11 is 0. The zero-order valence-corrected chi connectivity index (χ0v) is 7.66. The number of aromatic nitrogens is 2. The summed E-state index contributed by atoms with van der Waals surface area (Å²) in [5.41, 5.74) is 5.15. The first kappa shape index (κ1) is 11.9. The molecule has 0 aromatic carbocycles. The van der Waals surface area contributed by atoms with Crippen LogP contribution in [0.1, 0.15) is 24.2 Å². The van der Waals surface area contributed by atoms with E-state index in [2.05, 4.69) is 14.7 Å². The Morgan fingerprint density at radius 2 is 2.13 bits per heavy atom. The maximum Gasteiger partial charge on any atom is 0.396 e. The van der Waals surface area contributed by atoms with Crippen LogP contribution in [0.3, 0.4) is 0 Å². The molecule has 0 spiro atoms. The lowest BCUT2D eigenvalue weighted by Crippen LogP contribution is -2.13. The number of alkyl halides is 3. The molecule has 0 aliphatic rings. The molecule has 1 aromatic heterocycles. The smallest absolute Gasteiger partial charge is 0.383 e. The molecule has 0 fully saturated rings. The van der Waals surface area contributed by atoms with Gasteiger partial charge in [0.05, 0.1) is 0 Å². The number of aliphatic hydroxyl groups is 1. The van der Waals surface area contributed by atoms with Crippen molar-refractivity contribution in [3.8, 4) is 0 Å². The Morgan fingerprint density at radius 1 is 1.47 bits per heavy atom. The Bertz CT molecular complexity index is 313. The summed E-state index contributed by atoms with van der Waals surface area (Å²) in [6, 6.07) is 0. The minimum atomic E-state index is -4.39. The SMILES string of the molecule is NCC[C@H](O)c1nc(CC(F)(F)F)no1. The average molecular weight is 225 g/mol. The Balaban J connectivity index is 2.64. The Morgan fingerprint density at radius 3 is 2.67 bits per heavy atom. The lowest BCUT2D eigenvalue weighted by atomic mass is 10.2. The predicted molar refractivity (Wildman–Crippen MR) is 42.7 cm³/mol. The van der Waals surface area contributed by atoms with Crippen molar-refractivity contribution in [3.05, 3.63) is 11.7 Å². The molecule has 3 N–H and O–H groups in total. The van der Waals surface area contributed by atoms with Crippen LogP contribution in [0.4, 0.5) is 13.2 Å². The van der Waals surface area contributed by atoms with Gasteiger partial charge in [-0.3, -0.25) is 0 Å². The number of nitrogens with two attached hydrogens (primary N) is 1. The maximum atomic E-state index is 11.9. The highest BCUT2D eigenvalue weighted by Crippen LogP contribution is 2.21. The van der Waals surface area contributed by atoms with Crippen molar-refractivity contribution in [2.24, 2.45) is 5.73 Å². The van der Waals surface area contributed by atoms with E-state index in [1.807, 2.05) is 0 Å². The molecule has 1 rings (SSSR count). The summed E-state index contributed by atoms with van der Waals surface area (Å²) in [6.45, 7) is 0.179. The maximum absolute atomic E-state index is 11.9. The van der Waals surface area contributed by atoms with Crippen LogP contribution in [0.15, 0.2) is 4.52 Å². The van der Waals surface area contributed by atoms with E-state index in [1.165, 1.54) is 0 Å². The fraction of sp³-hybridized carbons (Fsp3) is 0.714. The van der Waals surface area contributed by atoms with Gasteiger partial charge in [-0.25, -0.2) is 0 Å². The Labute approximate surface area is 83.1 Å². The van der Waals surface area contributed by atoms with Crippen molar-refractivity contribution >= 4 is 0 Å². The summed E-state index contributed by atoms with van der Waals surface area (Å²) in [4.78, 5) is 3.41. The monoisotopic (exact) mass is 225 g/mol. The van der Waals surface area contributed by atoms with Gasteiger partial charge < -0.3 is 15.4 Å². The highest BCUT2D eigenvalue weighted by Gasteiger charge is 2.31. The van der Waals surface area contributed by atoms with Gasteiger partial charge in [-0.1, -0.05) is 5.16 Å². The minimum absolute atomic E-state index is 0.160. The number of hydrogen-bond acceptors (Lipinski definition) is 5. The van der Waals surface area contributed by atoms with Crippen molar-refractivity contribution in [1.82, 2.24) is 10.1 Å². The molecule has 5 nitrogen and oxygen atoms in total. The van der Waals surface area contributed by atoms with Gasteiger partial charge in [0.25, 0.3) is 5.89 Å². The predicted octanol–water partition coefficient (Wildman–Crippen LogP) is 0.557. The van der Waals surface area contributed by atoms with Crippen molar-refractivity contribution in [2.45, 2.75) is 25.1 Å². The number of halogens is 3. The molecule has 0 radical (unpaired) electrons. The first-order chi connectivity index (χ1) is 6.92. The van der Waals surface area contributed by atoms with Gasteiger partial charge in [0, 0.05) is 0 Å². The van der Waals surface area contributed by atoms with Gasteiger partial charge in [-0.2, -0.15) is 18.2 Å². The molecular weight excluding hydrogens is 215 g/mol. The zero-order valence-electron chi connectivity index (χ0n) is 7.66. The molecule has 86 valence electrons. The second-order valence-corrected chi connectivity index (χ2v) is 2.93. The standard InChI is InChI=1S/C7H10F3N3O2/c8-7(9,10)3-5-12-6(15-13-5)4(14)1-2-11/h4,14H,1-3,11H2/t4-/m0/s1. The molecule has 0 unspecified atom stereocenters. The normalized spacial score (nSPS) is 14.2. The summed E-state index contributed by atoms with van der Waals surface area (Å²) < 4.78 is 40.1. The molecule has 0 aliphatic carbocycles. The van der Waals surface area contributed by atoms with Crippen LogP contribution in [-0.4, -0.2) is 28.0 Å². The van der Waals surface area contributed by atoms with Crippen molar-refractivity contribution in [1.29, 1.82) is 0 Å². The molecule has 0 bridgehead atoms. The number of hydrogen-bond donors (Lipinski definition) is 2. The van der Waals surface area contributed by atoms with E-state index >= 15 is 0 Å². The first-order valence-electron chi connectivity index (χ1n) is 4.19. The molecule has 0 aliphatic heterocycles. The van der Waals surface area contributed by atoms with E-state index in [-0.39, 0.29) is 18.9 Å². The third-order valence-electron chi connectivity index (χ3n) is 1.57. The summed E-state index contributed by atoms with van der Waals surface area (Å²) in [5, 5.41) is 12.4. The molecule has 1 aromatic rings. The summed E-state index contributed by atoms with van der Waals surface area (Å²) in [5.74, 6) is -0.728. The van der Waals surface area contributed by atoms with E-state index in [1.54, 1.807) is 0 Å². The third-order valence-corrected chi connectivity index (χ3v) is 1.57. The number of nitrogens with zero attached hydrogens (tertiary/aromatic N) is 2. The van der Waals surface area contributed by atoms with Gasteiger partial charge in [-0.05, 0) is 13.0 Å². The molecular formula is C7H10F3N3O2. The second-order valence-electron chi connectivity index (χ2n) is 2.93. The van der Waals surface area contributed by atoms with Crippen LogP contribution >= 0.6 is 0 Å². The zero-order chi connectivity index (χ0) is 11.5. The van der Waals surface area contributed by atoms with Gasteiger partial charge in [0.15, 0.2) is 5.82 Å². The highest BCUT2D eigenvalue weighted by atomic mass is 19.4. The van der Waals surface area contributed by atoms with Crippen molar-refractivity contribution < 1.29 is 22.8 Å². The highest BCUT2D eigenvalue weighted by molar-refractivity contribution is 4.91. The number of aliphatic hydroxyl groups excluding tert-OH is 1. The quantitative estimate of drug-likeness (QED) is 0.781. The van der Waals surface area contributed by atoms with E-state index in [0.717, 1.165) is 0 Å². The summed E-state index contributed by atoms with van der Waals surface area (Å²) in [7, 11) is 0. The minimum Gasteiger partial charge on any atom is -0.383 e. The fourth-order valence-corrected chi connectivity index (χ4v) is 0.935. The molecule has 1 atom stereocenters. The van der Waals surface area contributed by atoms with Crippen LogP contribution in [0.2, 0.25) is 0 Å². The van der Waals surface area contributed by atoms with E-state index in [9.17, 15) is 18.3 Å². The molecule has 15 heavy (non-hydrogen) atoms. The van der Waals surface area contributed by atoms with Gasteiger partial charge in [0.2, 0.25) is 0 Å². The molecule has 0 amide bonds.